The molecule has 0 bridgehead atoms. The number of rotatable bonds is 3. The van der Waals surface area contributed by atoms with Crippen molar-refractivity contribution >= 4 is 17.1 Å². The van der Waals surface area contributed by atoms with Crippen molar-refractivity contribution in [2.45, 2.75) is 32.2 Å². The van der Waals surface area contributed by atoms with Crippen molar-refractivity contribution in [2.24, 2.45) is 0 Å². The van der Waals surface area contributed by atoms with Gasteiger partial charge in [0.2, 0.25) is 0 Å². The third-order valence-corrected chi connectivity index (χ3v) is 4.23. The molecule has 5 nitrogen and oxygen atoms in total. The van der Waals surface area contributed by atoms with Crippen LogP contribution in [0, 0.1) is 17.0 Å². The summed E-state index contributed by atoms with van der Waals surface area (Å²) in [5.41, 5.74) is 11.2. The molecule has 0 saturated carbocycles. The van der Waals surface area contributed by atoms with Gasteiger partial charge < -0.3 is 11.1 Å². The van der Waals surface area contributed by atoms with Gasteiger partial charge >= 0.3 is 0 Å². The smallest absolute Gasteiger partial charge is 0.269 e. The van der Waals surface area contributed by atoms with E-state index in [2.05, 4.69) is 11.4 Å². The zero-order chi connectivity index (χ0) is 15.7. The van der Waals surface area contributed by atoms with E-state index in [1.807, 2.05) is 19.1 Å². The lowest BCUT2D eigenvalue weighted by molar-refractivity contribution is -0.384. The van der Waals surface area contributed by atoms with Crippen LogP contribution in [-0.4, -0.2) is 4.92 Å². The topological polar surface area (TPSA) is 81.2 Å². The van der Waals surface area contributed by atoms with Crippen LogP contribution in [0.25, 0.3) is 0 Å². The molecule has 0 heterocycles. The van der Waals surface area contributed by atoms with E-state index in [1.54, 1.807) is 18.2 Å². The number of nitrogens with zero attached hydrogens (tertiary/aromatic N) is 1. The fourth-order valence-corrected chi connectivity index (χ4v) is 3.10. The van der Waals surface area contributed by atoms with E-state index in [0.717, 1.165) is 36.2 Å². The number of nitro benzene ring substituents is 1. The molecule has 0 radical (unpaired) electrons. The predicted molar refractivity (Wildman–Crippen MR) is 88.0 cm³/mol. The van der Waals surface area contributed by atoms with Gasteiger partial charge in [-0.3, -0.25) is 10.1 Å². The van der Waals surface area contributed by atoms with Crippen molar-refractivity contribution in [2.75, 3.05) is 11.1 Å². The Morgan fingerprint density at radius 1 is 1.27 bits per heavy atom. The summed E-state index contributed by atoms with van der Waals surface area (Å²) >= 11 is 0. The summed E-state index contributed by atoms with van der Waals surface area (Å²) in [6.07, 6.45) is 3.21. The summed E-state index contributed by atoms with van der Waals surface area (Å²) in [6, 6.07) is 11.2. The maximum absolute atomic E-state index is 10.8. The molecule has 0 amide bonds. The summed E-state index contributed by atoms with van der Waals surface area (Å²) in [5.74, 6) is 0. The number of hydrogen-bond donors (Lipinski definition) is 2. The molecule has 3 rings (SSSR count). The highest BCUT2D eigenvalue weighted by molar-refractivity contribution is 5.57. The van der Waals surface area contributed by atoms with Crippen LogP contribution in [0.15, 0.2) is 36.4 Å². The van der Waals surface area contributed by atoms with E-state index in [0.29, 0.717) is 0 Å². The summed E-state index contributed by atoms with van der Waals surface area (Å²) in [6.45, 7) is 1.89. The number of aryl methyl sites for hydroxylation is 2. The Kier molecular flexibility index (Phi) is 3.71. The Balaban J connectivity index is 1.87. The van der Waals surface area contributed by atoms with Crippen molar-refractivity contribution in [3.63, 3.8) is 0 Å². The van der Waals surface area contributed by atoms with Gasteiger partial charge in [-0.05, 0) is 61.1 Å². The normalized spacial score (nSPS) is 16.9. The fraction of sp³-hybridized carbons (Fsp3) is 0.294. The monoisotopic (exact) mass is 297 g/mol. The van der Waals surface area contributed by atoms with Crippen molar-refractivity contribution in [1.82, 2.24) is 0 Å². The molecule has 5 heteroatoms. The number of anilines is 2. The molecule has 22 heavy (non-hydrogen) atoms. The number of nitrogens with two attached hydrogens (primary N) is 1. The second kappa shape index (κ2) is 5.67. The van der Waals surface area contributed by atoms with Crippen LogP contribution < -0.4 is 11.1 Å². The van der Waals surface area contributed by atoms with Crippen LogP contribution in [-0.2, 0) is 6.42 Å². The molecule has 0 saturated heterocycles. The molecule has 2 aromatic carbocycles. The molecule has 1 aliphatic carbocycles. The van der Waals surface area contributed by atoms with Gasteiger partial charge in [0.15, 0.2) is 0 Å². The molecule has 1 unspecified atom stereocenters. The van der Waals surface area contributed by atoms with Crippen molar-refractivity contribution in [1.29, 1.82) is 0 Å². The van der Waals surface area contributed by atoms with Crippen LogP contribution in [0.1, 0.15) is 35.6 Å². The quantitative estimate of drug-likeness (QED) is 0.510. The van der Waals surface area contributed by atoms with E-state index in [4.69, 9.17) is 5.73 Å². The summed E-state index contributed by atoms with van der Waals surface area (Å²) in [4.78, 5) is 10.5. The van der Waals surface area contributed by atoms with Gasteiger partial charge in [-0.15, -0.1) is 0 Å². The SMILES string of the molecule is Cc1cc([N+](=O)[O-])ccc1NC1CCCc2cc(N)ccc21. The van der Waals surface area contributed by atoms with Gasteiger partial charge in [-0.1, -0.05) is 6.07 Å². The molecule has 0 aliphatic heterocycles. The number of nitrogens with one attached hydrogen (secondary N) is 1. The third-order valence-electron chi connectivity index (χ3n) is 4.23. The molecule has 0 aromatic heterocycles. The van der Waals surface area contributed by atoms with Crippen LogP contribution >= 0.6 is 0 Å². The Bertz CT molecular complexity index is 728. The van der Waals surface area contributed by atoms with E-state index >= 15 is 0 Å². The van der Waals surface area contributed by atoms with E-state index < -0.39 is 0 Å². The van der Waals surface area contributed by atoms with Crippen LogP contribution in [0.4, 0.5) is 17.1 Å². The lowest BCUT2D eigenvalue weighted by Gasteiger charge is -2.28. The fourth-order valence-electron chi connectivity index (χ4n) is 3.10. The number of non-ortho nitro benzene ring substituents is 1. The minimum absolute atomic E-state index is 0.125. The van der Waals surface area contributed by atoms with Crippen LogP contribution in [0.2, 0.25) is 0 Å². The Morgan fingerprint density at radius 3 is 2.82 bits per heavy atom. The van der Waals surface area contributed by atoms with Gasteiger partial charge in [-0.2, -0.15) is 0 Å². The van der Waals surface area contributed by atoms with E-state index in [-0.39, 0.29) is 16.7 Å². The second-order valence-corrected chi connectivity index (χ2v) is 5.80. The number of benzene rings is 2. The summed E-state index contributed by atoms with van der Waals surface area (Å²) < 4.78 is 0. The average molecular weight is 297 g/mol. The van der Waals surface area contributed by atoms with E-state index in [9.17, 15) is 10.1 Å². The summed E-state index contributed by atoms with van der Waals surface area (Å²) in [7, 11) is 0. The molecule has 0 spiro atoms. The maximum atomic E-state index is 10.8. The van der Waals surface area contributed by atoms with Gasteiger partial charge in [-0.25, -0.2) is 0 Å². The predicted octanol–water partition coefficient (Wildman–Crippen LogP) is 3.97. The first-order valence-corrected chi connectivity index (χ1v) is 7.44. The van der Waals surface area contributed by atoms with E-state index in [1.165, 1.54) is 11.1 Å². The number of nitrogen functional groups attached to an aromatic ring is 1. The van der Waals surface area contributed by atoms with Gasteiger partial charge in [0.1, 0.15) is 0 Å². The Labute approximate surface area is 129 Å². The minimum Gasteiger partial charge on any atom is -0.399 e. The molecule has 1 aliphatic rings. The molecule has 0 fully saturated rings. The second-order valence-electron chi connectivity index (χ2n) is 5.80. The molecule has 2 aromatic rings. The molecule has 3 N–H and O–H groups in total. The van der Waals surface area contributed by atoms with Gasteiger partial charge in [0, 0.05) is 23.5 Å². The first-order valence-electron chi connectivity index (χ1n) is 7.44. The average Bonchev–Trinajstić information content (AvgIpc) is 2.49. The number of nitro groups is 1. The minimum atomic E-state index is -0.366. The first kappa shape index (κ1) is 14.4. The lowest BCUT2D eigenvalue weighted by atomic mass is 9.87. The summed E-state index contributed by atoms with van der Waals surface area (Å²) in [5, 5.41) is 14.4. The highest BCUT2D eigenvalue weighted by Gasteiger charge is 2.21. The standard InChI is InChI=1S/C17H19N3O2/c1-11-9-14(20(21)22)6-8-16(11)19-17-4-2-3-12-10-13(18)5-7-15(12)17/h5-10,17,19H,2-4,18H2,1H3. The molecule has 1 atom stereocenters. The zero-order valence-electron chi connectivity index (χ0n) is 12.5. The van der Waals surface area contributed by atoms with Crippen molar-refractivity contribution in [3.8, 4) is 0 Å². The first-order chi connectivity index (χ1) is 10.5. The van der Waals surface area contributed by atoms with Crippen molar-refractivity contribution in [3.05, 3.63) is 63.2 Å². The maximum Gasteiger partial charge on any atom is 0.269 e. The van der Waals surface area contributed by atoms with Crippen LogP contribution in [0.3, 0.4) is 0 Å². The van der Waals surface area contributed by atoms with Gasteiger partial charge in [0.25, 0.3) is 5.69 Å². The number of hydrogen-bond acceptors (Lipinski definition) is 4. The highest BCUT2D eigenvalue weighted by Crippen LogP contribution is 2.34. The Morgan fingerprint density at radius 2 is 2.09 bits per heavy atom. The highest BCUT2D eigenvalue weighted by atomic mass is 16.6. The number of fused-ring (bicyclic) bond motifs is 1. The van der Waals surface area contributed by atoms with Crippen LogP contribution in [0.5, 0.6) is 0 Å². The van der Waals surface area contributed by atoms with Crippen molar-refractivity contribution < 1.29 is 4.92 Å². The van der Waals surface area contributed by atoms with Gasteiger partial charge in [0.05, 0.1) is 11.0 Å². The molecular weight excluding hydrogens is 278 g/mol. The molecule has 114 valence electrons. The third kappa shape index (κ3) is 2.74. The lowest BCUT2D eigenvalue weighted by Crippen LogP contribution is -2.18. The molecular formula is C17H19N3O2. The Hall–Kier alpha value is -2.56. The zero-order valence-corrected chi connectivity index (χ0v) is 12.5. The largest absolute Gasteiger partial charge is 0.399 e.